The normalized spacial score (nSPS) is 18.8. The molecule has 2 rings (SSSR count). The fraction of sp³-hybridized carbons (Fsp3) is 0.500. The maximum Gasteiger partial charge on any atom is 0.338 e. The fourth-order valence-corrected chi connectivity index (χ4v) is 2.31. The smallest absolute Gasteiger partial charge is 0.338 e. The minimum Gasteiger partial charge on any atom is -0.478 e. The van der Waals surface area contributed by atoms with Crippen molar-refractivity contribution in [2.75, 3.05) is 24.2 Å². The van der Waals surface area contributed by atoms with E-state index in [0.717, 1.165) is 38.0 Å². The summed E-state index contributed by atoms with van der Waals surface area (Å²) in [6.45, 7) is 1.41. The molecule has 0 aliphatic carbocycles. The van der Waals surface area contributed by atoms with Gasteiger partial charge in [0.15, 0.2) is 0 Å². The molecular weight excluding hydrogens is 263 g/mol. The van der Waals surface area contributed by atoms with E-state index >= 15 is 0 Å². The van der Waals surface area contributed by atoms with Crippen LogP contribution in [-0.2, 0) is 4.74 Å². The molecule has 0 amide bonds. The number of hydrogen-bond acceptors (Lipinski definition) is 4. The van der Waals surface area contributed by atoms with Gasteiger partial charge in [-0.2, -0.15) is 0 Å². The summed E-state index contributed by atoms with van der Waals surface area (Å²) >= 11 is 0. The van der Waals surface area contributed by atoms with Crippen molar-refractivity contribution in [2.45, 2.75) is 31.8 Å². The second kappa shape index (κ2) is 6.56. The van der Waals surface area contributed by atoms with E-state index in [4.69, 9.17) is 15.6 Å². The third-order valence-corrected chi connectivity index (χ3v) is 3.43. The summed E-state index contributed by atoms with van der Waals surface area (Å²) in [4.78, 5) is 10.8. The monoisotopic (exact) mass is 282 g/mol. The highest BCUT2D eigenvalue weighted by molar-refractivity contribution is 5.90. The third-order valence-electron chi connectivity index (χ3n) is 3.43. The van der Waals surface area contributed by atoms with Gasteiger partial charge in [-0.05, 0) is 37.8 Å². The number of nitrogen functional groups attached to an aromatic ring is 1. The number of nitrogens with two attached hydrogens (primary N) is 1. The largest absolute Gasteiger partial charge is 0.478 e. The van der Waals surface area contributed by atoms with Gasteiger partial charge < -0.3 is 20.9 Å². The number of carbonyl (C=O) groups is 1. The van der Waals surface area contributed by atoms with Crippen molar-refractivity contribution in [3.05, 3.63) is 23.5 Å². The molecule has 5 nitrogen and oxygen atoms in total. The molecule has 1 fully saturated rings. The lowest BCUT2D eigenvalue weighted by atomic mass is 10.1. The fourth-order valence-electron chi connectivity index (χ4n) is 2.31. The molecule has 1 unspecified atom stereocenters. The van der Waals surface area contributed by atoms with Gasteiger partial charge in [-0.25, -0.2) is 9.18 Å². The zero-order chi connectivity index (χ0) is 14.5. The third kappa shape index (κ3) is 3.60. The summed E-state index contributed by atoms with van der Waals surface area (Å²) < 4.78 is 19.2. The molecule has 0 bridgehead atoms. The zero-order valence-corrected chi connectivity index (χ0v) is 11.2. The van der Waals surface area contributed by atoms with Gasteiger partial charge >= 0.3 is 5.97 Å². The standard InChI is InChI=1S/C14H19FN2O3/c15-11-8-13(12(16)7-10(11)14(18)19)17-5-4-9-3-1-2-6-20-9/h7-9,17H,1-6,16H2,(H,18,19). The summed E-state index contributed by atoms with van der Waals surface area (Å²) in [6, 6.07) is 2.26. The van der Waals surface area contributed by atoms with Gasteiger partial charge in [0.25, 0.3) is 0 Å². The lowest BCUT2D eigenvalue weighted by molar-refractivity contribution is 0.0134. The number of anilines is 2. The number of nitrogens with one attached hydrogen (secondary N) is 1. The van der Waals surface area contributed by atoms with E-state index in [1.54, 1.807) is 0 Å². The Morgan fingerprint density at radius 1 is 1.50 bits per heavy atom. The van der Waals surface area contributed by atoms with Crippen LogP contribution in [0.15, 0.2) is 12.1 Å². The lowest BCUT2D eigenvalue weighted by Gasteiger charge is -2.22. The van der Waals surface area contributed by atoms with Gasteiger partial charge in [0.05, 0.1) is 23.0 Å². The molecule has 0 saturated carbocycles. The van der Waals surface area contributed by atoms with Crippen molar-refractivity contribution in [3.8, 4) is 0 Å². The molecule has 1 aromatic carbocycles. The van der Waals surface area contributed by atoms with Crippen LogP contribution in [0.2, 0.25) is 0 Å². The predicted octanol–water partition coefficient (Wildman–Crippen LogP) is 2.48. The number of ether oxygens (including phenoxy) is 1. The molecule has 1 heterocycles. The Kier molecular flexibility index (Phi) is 4.79. The molecule has 4 N–H and O–H groups in total. The second-order valence-electron chi connectivity index (χ2n) is 4.93. The highest BCUT2D eigenvalue weighted by Gasteiger charge is 2.15. The zero-order valence-electron chi connectivity index (χ0n) is 11.2. The molecular formula is C14H19FN2O3. The van der Waals surface area contributed by atoms with Crippen LogP contribution in [0.4, 0.5) is 15.8 Å². The summed E-state index contributed by atoms with van der Waals surface area (Å²) in [7, 11) is 0. The van der Waals surface area contributed by atoms with Gasteiger partial charge in [0.1, 0.15) is 5.82 Å². The highest BCUT2D eigenvalue weighted by atomic mass is 19.1. The quantitative estimate of drug-likeness (QED) is 0.722. The Balaban J connectivity index is 1.92. The number of carboxylic acids is 1. The number of rotatable bonds is 5. The highest BCUT2D eigenvalue weighted by Crippen LogP contribution is 2.23. The maximum atomic E-state index is 13.6. The number of hydrogen-bond donors (Lipinski definition) is 3. The van der Waals surface area contributed by atoms with Crippen LogP contribution in [0.1, 0.15) is 36.0 Å². The first-order valence-corrected chi connectivity index (χ1v) is 6.75. The maximum absolute atomic E-state index is 13.6. The minimum absolute atomic E-state index is 0.230. The minimum atomic E-state index is -1.32. The van der Waals surface area contributed by atoms with Crippen LogP contribution in [0.5, 0.6) is 0 Å². The molecule has 6 heteroatoms. The van der Waals surface area contributed by atoms with Gasteiger partial charge in [-0.3, -0.25) is 0 Å². The summed E-state index contributed by atoms with van der Waals surface area (Å²) in [5.74, 6) is -2.11. The number of aromatic carboxylic acids is 1. The molecule has 1 aliphatic heterocycles. The lowest BCUT2D eigenvalue weighted by Crippen LogP contribution is -2.22. The van der Waals surface area contributed by atoms with Crippen LogP contribution >= 0.6 is 0 Å². The van der Waals surface area contributed by atoms with Crippen molar-refractivity contribution in [1.29, 1.82) is 0 Å². The van der Waals surface area contributed by atoms with E-state index in [0.29, 0.717) is 12.2 Å². The van der Waals surface area contributed by atoms with Gasteiger partial charge in [-0.15, -0.1) is 0 Å². The topological polar surface area (TPSA) is 84.6 Å². The van der Waals surface area contributed by atoms with Crippen molar-refractivity contribution >= 4 is 17.3 Å². The first-order valence-electron chi connectivity index (χ1n) is 6.75. The van der Waals surface area contributed by atoms with E-state index in [9.17, 15) is 9.18 Å². The van der Waals surface area contributed by atoms with Crippen LogP contribution in [0, 0.1) is 5.82 Å². The first-order chi connectivity index (χ1) is 9.58. The van der Waals surface area contributed by atoms with Crippen LogP contribution in [-0.4, -0.2) is 30.3 Å². The summed E-state index contributed by atoms with van der Waals surface area (Å²) in [5.41, 5.74) is 5.96. The number of benzene rings is 1. The summed E-state index contributed by atoms with van der Waals surface area (Å²) in [6.07, 6.45) is 4.39. The van der Waals surface area contributed by atoms with E-state index in [1.165, 1.54) is 6.42 Å². The van der Waals surface area contributed by atoms with Crippen molar-refractivity contribution in [1.82, 2.24) is 0 Å². The average Bonchev–Trinajstić information content (AvgIpc) is 2.43. The average molecular weight is 282 g/mol. The Morgan fingerprint density at radius 3 is 2.95 bits per heavy atom. The molecule has 1 aromatic rings. The molecule has 1 atom stereocenters. The molecule has 110 valence electrons. The van der Waals surface area contributed by atoms with E-state index in [-0.39, 0.29) is 11.8 Å². The van der Waals surface area contributed by atoms with Crippen LogP contribution in [0.25, 0.3) is 0 Å². The van der Waals surface area contributed by atoms with Crippen molar-refractivity contribution in [3.63, 3.8) is 0 Å². The first kappa shape index (κ1) is 14.6. The van der Waals surface area contributed by atoms with Crippen LogP contribution in [0.3, 0.4) is 0 Å². The van der Waals surface area contributed by atoms with Crippen molar-refractivity contribution in [2.24, 2.45) is 0 Å². The number of halogens is 1. The van der Waals surface area contributed by atoms with Gasteiger partial charge in [0.2, 0.25) is 0 Å². The summed E-state index contributed by atoms with van der Waals surface area (Å²) in [5, 5.41) is 11.8. The molecule has 1 aliphatic rings. The van der Waals surface area contributed by atoms with Crippen molar-refractivity contribution < 1.29 is 19.0 Å². The number of carboxylic acid groups (broad SMARTS) is 1. The van der Waals surface area contributed by atoms with Gasteiger partial charge in [-0.1, -0.05) is 0 Å². The van der Waals surface area contributed by atoms with E-state index < -0.39 is 17.3 Å². The van der Waals surface area contributed by atoms with E-state index in [1.807, 2.05) is 0 Å². The second-order valence-corrected chi connectivity index (χ2v) is 4.93. The van der Waals surface area contributed by atoms with Gasteiger partial charge in [0, 0.05) is 13.2 Å². The molecule has 0 aromatic heterocycles. The Bertz CT molecular complexity index is 488. The molecule has 20 heavy (non-hydrogen) atoms. The molecule has 0 radical (unpaired) electrons. The van der Waals surface area contributed by atoms with Crippen LogP contribution < -0.4 is 11.1 Å². The molecule has 0 spiro atoms. The Hall–Kier alpha value is -1.82. The Morgan fingerprint density at radius 2 is 2.30 bits per heavy atom. The SMILES string of the molecule is Nc1cc(C(=O)O)c(F)cc1NCCC1CCCCO1. The Labute approximate surface area is 116 Å². The molecule has 1 saturated heterocycles. The van der Waals surface area contributed by atoms with E-state index in [2.05, 4.69) is 5.32 Å². The predicted molar refractivity (Wildman–Crippen MR) is 74.5 cm³/mol.